The third-order valence-corrected chi connectivity index (χ3v) is 3.67. The first-order valence-corrected chi connectivity index (χ1v) is 7.85. The first kappa shape index (κ1) is 17.2. The summed E-state index contributed by atoms with van der Waals surface area (Å²) in [6.07, 6.45) is -2.44. The lowest BCUT2D eigenvalue weighted by molar-refractivity contribution is -0.137. The summed E-state index contributed by atoms with van der Waals surface area (Å²) in [4.78, 5) is 12.8. The van der Waals surface area contributed by atoms with E-state index in [-0.39, 0.29) is 12.3 Å². The highest BCUT2D eigenvalue weighted by molar-refractivity contribution is 7.98. The van der Waals surface area contributed by atoms with Gasteiger partial charge in [-0.1, -0.05) is 0 Å². The monoisotopic (exact) mass is 341 g/mol. The summed E-state index contributed by atoms with van der Waals surface area (Å²) < 4.78 is 42.6. The lowest BCUT2D eigenvalue weighted by atomic mass is 10.2. The van der Waals surface area contributed by atoms with E-state index in [2.05, 4.69) is 5.32 Å². The number of anilines is 1. The van der Waals surface area contributed by atoms with Crippen LogP contribution < -0.4 is 10.1 Å². The van der Waals surface area contributed by atoms with Crippen LogP contribution in [-0.2, 0) is 11.0 Å². The van der Waals surface area contributed by atoms with E-state index in [0.29, 0.717) is 5.75 Å². The number of alkyl halides is 3. The van der Waals surface area contributed by atoms with Crippen molar-refractivity contribution in [2.24, 2.45) is 0 Å². The second-order valence-corrected chi connectivity index (χ2v) is 5.47. The van der Waals surface area contributed by atoms with Gasteiger partial charge in [-0.15, -0.1) is 11.8 Å². The van der Waals surface area contributed by atoms with Gasteiger partial charge in [0.1, 0.15) is 5.75 Å². The molecule has 1 amide bonds. The summed E-state index contributed by atoms with van der Waals surface area (Å²) in [5, 5.41) is 2.48. The van der Waals surface area contributed by atoms with Gasteiger partial charge < -0.3 is 10.1 Å². The van der Waals surface area contributed by atoms with Gasteiger partial charge in [-0.2, -0.15) is 13.2 Å². The zero-order valence-corrected chi connectivity index (χ0v) is 13.0. The van der Waals surface area contributed by atoms with Gasteiger partial charge in [-0.25, -0.2) is 0 Å². The molecule has 2 aromatic carbocycles. The maximum absolute atomic E-state index is 12.4. The van der Waals surface area contributed by atoms with Crippen molar-refractivity contribution in [2.75, 3.05) is 18.2 Å². The summed E-state index contributed by atoms with van der Waals surface area (Å²) in [5.74, 6) is 0.101. The zero-order chi connectivity index (χ0) is 16.9. The molecule has 2 rings (SSSR count). The molecule has 23 heavy (non-hydrogen) atoms. The number of rotatable bonds is 5. The number of benzene rings is 2. The first-order valence-electron chi connectivity index (χ1n) is 6.62. The van der Waals surface area contributed by atoms with Crippen molar-refractivity contribution in [2.45, 2.75) is 11.1 Å². The normalized spacial score (nSPS) is 11.1. The summed E-state index contributed by atoms with van der Waals surface area (Å²) in [7, 11) is 0. The Balaban J connectivity index is 1.86. The molecule has 0 fully saturated rings. The van der Waals surface area contributed by atoms with E-state index in [0.717, 1.165) is 17.0 Å². The summed E-state index contributed by atoms with van der Waals surface area (Å²) in [5.41, 5.74) is -0.482. The van der Waals surface area contributed by atoms with Crippen molar-refractivity contribution >= 4 is 23.4 Å². The topological polar surface area (TPSA) is 38.3 Å². The number of carbonyl (C=O) groups is 1. The average molecular weight is 341 g/mol. The Bertz CT molecular complexity index is 655. The Hall–Kier alpha value is -2.15. The SMILES string of the molecule is CSc1ccc(OCC(=O)Nc2ccc(C(F)(F)F)cc2)cc1. The molecule has 0 bridgehead atoms. The van der Waals surface area contributed by atoms with Crippen molar-refractivity contribution in [1.82, 2.24) is 0 Å². The number of amides is 1. The molecule has 0 saturated carbocycles. The first-order chi connectivity index (χ1) is 10.9. The standard InChI is InChI=1S/C16H14F3NO2S/c1-23-14-8-6-13(7-9-14)22-10-15(21)20-12-4-2-11(3-5-12)16(17,18)19/h2-9H,10H2,1H3,(H,20,21). The van der Waals surface area contributed by atoms with Gasteiger partial charge in [0.2, 0.25) is 0 Å². The Kier molecular flexibility index (Phi) is 5.54. The van der Waals surface area contributed by atoms with E-state index in [4.69, 9.17) is 4.74 Å². The van der Waals surface area contributed by atoms with Crippen LogP contribution in [0, 0.1) is 0 Å². The van der Waals surface area contributed by atoms with E-state index in [1.54, 1.807) is 23.9 Å². The Morgan fingerprint density at radius 3 is 2.22 bits per heavy atom. The molecule has 0 aromatic heterocycles. The molecule has 1 N–H and O–H groups in total. The van der Waals surface area contributed by atoms with Crippen LogP contribution in [0.15, 0.2) is 53.4 Å². The summed E-state index contributed by atoms with van der Waals surface area (Å²) in [6, 6.07) is 11.5. The van der Waals surface area contributed by atoms with Gasteiger partial charge in [0, 0.05) is 10.6 Å². The molecule has 0 aliphatic rings. The molecule has 0 spiro atoms. The van der Waals surface area contributed by atoms with Gasteiger partial charge >= 0.3 is 6.18 Å². The van der Waals surface area contributed by atoms with Gasteiger partial charge in [-0.3, -0.25) is 4.79 Å². The van der Waals surface area contributed by atoms with Gasteiger partial charge in [0.25, 0.3) is 5.91 Å². The molecule has 2 aromatic rings. The predicted molar refractivity (Wildman–Crippen MR) is 83.8 cm³/mol. The molecule has 0 heterocycles. The summed E-state index contributed by atoms with van der Waals surface area (Å²) in [6.45, 7) is -0.223. The van der Waals surface area contributed by atoms with Crippen molar-refractivity contribution in [3.8, 4) is 5.75 Å². The molecule has 122 valence electrons. The van der Waals surface area contributed by atoms with E-state index >= 15 is 0 Å². The molecule has 0 unspecified atom stereocenters. The minimum atomic E-state index is -4.39. The largest absolute Gasteiger partial charge is 0.484 e. The van der Waals surface area contributed by atoms with Crippen molar-refractivity contribution in [3.63, 3.8) is 0 Å². The van der Waals surface area contributed by atoms with Crippen LogP contribution in [0.2, 0.25) is 0 Å². The average Bonchev–Trinajstić information content (AvgIpc) is 2.53. The molecule has 0 aliphatic heterocycles. The maximum atomic E-state index is 12.4. The molecular weight excluding hydrogens is 327 g/mol. The molecule has 0 aliphatic carbocycles. The smallest absolute Gasteiger partial charge is 0.416 e. The quantitative estimate of drug-likeness (QED) is 0.817. The number of halogens is 3. The van der Waals surface area contributed by atoms with Crippen molar-refractivity contribution in [1.29, 1.82) is 0 Å². The van der Waals surface area contributed by atoms with Crippen molar-refractivity contribution < 1.29 is 22.7 Å². The molecule has 3 nitrogen and oxygen atoms in total. The van der Waals surface area contributed by atoms with Crippen LogP contribution >= 0.6 is 11.8 Å². The number of hydrogen-bond acceptors (Lipinski definition) is 3. The second-order valence-electron chi connectivity index (χ2n) is 4.59. The number of nitrogens with one attached hydrogen (secondary N) is 1. The van der Waals surface area contributed by atoms with Gasteiger partial charge in [-0.05, 0) is 54.8 Å². The molecule has 0 radical (unpaired) electrons. The minimum Gasteiger partial charge on any atom is -0.484 e. The third-order valence-electron chi connectivity index (χ3n) is 2.93. The summed E-state index contributed by atoms with van der Waals surface area (Å²) >= 11 is 1.59. The minimum absolute atomic E-state index is 0.223. The van der Waals surface area contributed by atoms with Gasteiger partial charge in [0.15, 0.2) is 6.61 Å². The Labute approximate surface area is 135 Å². The zero-order valence-electron chi connectivity index (χ0n) is 12.2. The lowest BCUT2D eigenvalue weighted by Crippen LogP contribution is -2.20. The molecule has 7 heteroatoms. The number of thioether (sulfide) groups is 1. The molecule has 0 saturated heterocycles. The fourth-order valence-electron chi connectivity index (χ4n) is 1.76. The van der Waals surface area contributed by atoms with E-state index in [1.807, 2.05) is 18.4 Å². The van der Waals surface area contributed by atoms with Gasteiger partial charge in [0.05, 0.1) is 5.56 Å². The highest BCUT2D eigenvalue weighted by atomic mass is 32.2. The van der Waals surface area contributed by atoms with Crippen LogP contribution in [0.4, 0.5) is 18.9 Å². The van der Waals surface area contributed by atoms with E-state index in [1.165, 1.54) is 12.1 Å². The van der Waals surface area contributed by atoms with Crippen LogP contribution in [0.3, 0.4) is 0 Å². The highest BCUT2D eigenvalue weighted by Crippen LogP contribution is 2.29. The van der Waals surface area contributed by atoms with E-state index < -0.39 is 17.6 Å². The number of ether oxygens (including phenoxy) is 1. The molecular formula is C16H14F3NO2S. The Morgan fingerprint density at radius 2 is 1.70 bits per heavy atom. The van der Waals surface area contributed by atoms with Crippen LogP contribution in [-0.4, -0.2) is 18.8 Å². The highest BCUT2D eigenvalue weighted by Gasteiger charge is 2.29. The third kappa shape index (κ3) is 5.21. The van der Waals surface area contributed by atoms with Crippen LogP contribution in [0.25, 0.3) is 0 Å². The maximum Gasteiger partial charge on any atom is 0.416 e. The lowest BCUT2D eigenvalue weighted by Gasteiger charge is -2.10. The van der Waals surface area contributed by atoms with Crippen LogP contribution in [0.1, 0.15) is 5.56 Å². The van der Waals surface area contributed by atoms with Crippen LogP contribution in [0.5, 0.6) is 5.75 Å². The van der Waals surface area contributed by atoms with E-state index in [9.17, 15) is 18.0 Å². The predicted octanol–water partition coefficient (Wildman–Crippen LogP) is 4.44. The number of carbonyl (C=O) groups excluding carboxylic acids is 1. The molecule has 0 atom stereocenters. The second kappa shape index (κ2) is 7.41. The fourth-order valence-corrected chi connectivity index (χ4v) is 2.17. The Morgan fingerprint density at radius 1 is 1.09 bits per heavy atom. The fraction of sp³-hybridized carbons (Fsp3) is 0.188. The van der Waals surface area contributed by atoms with Crippen molar-refractivity contribution in [3.05, 3.63) is 54.1 Å². The number of hydrogen-bond donors (Lipinski definition) is 1.